The van der Waals surface area contributed by atoms with Crippen LogP contribution in [0.15, 0.2) is 67.1 Å². The molecular weight excluding hydrogens is 434 g/mol. The van der Waals surface area contributed by atoms with E-state index in [0.29, 0.717) is 12.5 Å². The Bertz CT molecular complexity index is 1360. The minimum absolute atomic E-state index is 0.0197. The number of benzene rings is 2. The highest BCUT2D eigenvalue weighted by atomic mass is 16.2. The van der Waals surface area contributed by atoms with Crippen molar-refractivity contribution < 1.29 is 4.79 Å². The number of fused-ring (bicyclic) bond motifs is 1. The van der Waals surface area contributed by atoms with Gasteiger partial charge in [-0.15, -0.1) is 0 Å². The molecule has 0 radical (unpaired) electrons. The van der Waals surface area contributed by atoms with Crippen LogP contribution < -0.4 is 5.73 Å². The zero-order valence-corrected chi connectivity index (χ0v) is 20.2. The van der Waals surface area contributed by atoms with E-state index in [-0.39, 0.29) is 17.3 Å². The number of aromatic nitrogens is 3. The third kappa shape index (κ3) is 3.68. The Morgan fingerprint density at radius 1 is 1.03 bits per heavy atom. The Kier molecular flexibility index (Phi) is 5.32. The third-order valence-corrected chi connectivity index (χ3v) is 8.15. The molecule has 2 N–H and O–H groups in total. The van der Waals surface area contributed by atoms with Gasteiger partial charge in [-0.3, -0.25) is 4.79 Å². The van der Waals surface area contributed by atoms with E-state index in [1.165, 1.54) is 22.9 Å². The molecule has 2 aromatic carbocycles. The zero-order valence-electron chi connectivity index (χ0n) is 20.2. The molecule has 3 heterocycles. The van der Waals surface area contributed by atoms with Gasteiger partial charge in [-0.1, -0.05) is 55.8 Å². The van der Waals surface area contributed by atoms with Gasteiger partial charge in [-0.25, -0.2) is 9.97 Å². The fourth-order valence-electron chi connectivity index (χ4n) is 5.75. The number of hydrogen-bond acceptors (Lipinski definition) is 4. The molecule has 1 amide bonds. The van der Waals surface area contributed by atoms with Crippen molar-refractivity contribution in [2.24, 2.45) is 5.92 Å². The van der Waals surface area contributed by atoms with Crippen LogP contribution in [-0.4, -0.2) is 38.4 Å². The van der Waals surface area contributed by atoms with E-state index in [2.05, 4.69) is 76.2 Å². The number of anilines is 1. The lowest BCUT2D eigenvalue weighted by Gasteiger charge is -2.43. The summed E-state index contributed by atoms with van der Waals surface area (Å²) in [5, 5.41) is 1.26. The molecule has 1 saturated carbocycles. The number of carbonyl (C=O) groups excluding carboxylic acids is 1. The molecule has 2 fully saturated rings. The molecule has 0 atom stereocenters. The lowest BCUT2D eigenvalue weighted by molar-refractivity contribution is -0.138. The summed E-state index contributed by atoms with van der Waals surface area (Å²) in [6.07, 6.45) is 10.4. The van der Waals surface area contributed by atoms with E-state index in [1.54, 1.807) is 12.4 Å². The van der Waals surface area contributed by atoms with Crippen molar-refractivity contribution in [3.05, 3.63) is 78.2 Å². The van der Waals surface area contributed by atoms with Crippen LogP contribution in [0.5, 0.6) is 0 Å². The Balaban J connectivity index is 1.33. The van der Waals surface area contributed by atoms with Gasteiger partial charge in [0.1, 0.15) is 6.54 Å². The molecule has 0 unspecified atom stereocenters. The minimum atomic E-state index is -0.0197. The van der Waals surface area contributed by atoms with E-state index in [0.717, 1.165) is 49.0 Å². The van der Waals surface area contributed by atoms with Crippen molar-refractivity contribution in [2.75, 3.05) is 18.8 Å². The standard InChI is InChI=1S/C29H31N5O/c1-2-20-16-34(17-20)27(35)19-33-18-25(24-6-3-4-7-26(24)33)29(12-5-13-29)23-10-8-21(9-11-23)22-14-31-28(30)32-15-22/h3-4,6-11,14-15,18,20H,2,5,12-13,16-17,19H2,1H3,(H2,30,31,32). The number of nitrogens with zero attached hydrogens (tertiary/aromatic N) is 4. The Morgan fingerprint density at radius 2 is 1.74 bits per heavy atom. The molecule has 2 aromatic heterocycles. The van der Waals surface area contributed by atoms with Gasteiger partial charge in [-0.2, -0.15) is 0 Å². The maximum atomic E-state index is 13.0. The van der Waals surface area contributed by atoms with Gasteiger partial charge in [0, 0.05) is 53.6 Å². The van der Waals surface area contributed by atoms with Gasteiger partial charge in [0.25, 0.3) is 0 Å². The van der Waals surface area contributed by atoms with Crippen molar-refractivity contribution in [1.29, 1.82) is 0 Å². The Hall–Kier alpha value is -3.67. The van der Waals surface area contributed by atoms with Crippen LogP contribution in [0.3, 0.4) is 0 Å². The van der Waals surface area contributed by atoms with Gasteiger partial charge in [0.15, 0.2) is 0 Å². The average Bonchev–Trinajstić information content (AvgIpc) is 3.17. The molecule has 0 bridgehead atoms. The molecule has 2 aliphatic rings. The van der Waals surface area contributed by atoms with Gasteiger partial charge in [-0.05, 0) is 47.9 Å². The van der Waals surface area contributed by atoms with Crippen molar-refractivity contribution in [3.8, 4) is 11.1 Å². The second-order valence-electron chi connectivity index (χ2n) is 10.1. The van der Waals surface area contributed by atoms with Gasteiger partial charge in [0.05, 0.1) is 0 Å². The van der Waals surface area contributed by atoms with Gasteiger partial charge < -0.3 is 15.2 Å². The Labute approximate surface area is 205 Å². The minimum Gasteiger partial charge on any atom is -0.368 e. The number of para-hydroxylation sites is 1. The molecule has 0 spiro atoms. The molecule has 35 heavy (non-hydrogen) atoms. The van der Waals surface area contributed by atoms with E-state index in [1.807, 2.05) is 4.90 Å². The number of likely N-dealkylation sites (tertiary alicyclic amines) is 1. The maximum absolute atomic E-state index is 13.0. The third-order valence-electron chi connectivity index (χ3n) is 8.15. The second kappa shape index (κ2) is 8.52. The topological polar surface area (TPSA) is 77.0 Å². The molecule has 6 rings (SSSR count). The SMILES string of the molecule is CCC1CN(C(=O)Cn2cc(C3(c4ccc(-c5cnc(N)nc5)cc4)CCC3)c3ccccc32)C1. The molecule has 6 heteroatoms. The van der Waals surface area contributed by atoms with Crippen LogP contribution in [-0.2, 0) is 16.8 Å². The molecule has 4 aromatic rings. The van der Waals surface area contributed by atoms with E-state index >= 15 is 0 Å². The highest BCUT2D eigenvalue weighted by Crippen LogP contribution is 2.51. The van der Waals surface area contributed by atoms with Crippen LogP contribution in [0.1, 0.15) is 43.7 Å². The van der Waals surface area contributed by atoms with E-state index in [4.69, 9.17) is 5.73 Å². The number of rotatable bonds is 6. The summed E-state index contributed by atoms with van der Waals surface area (Å²) in [5.41, 5.74) is 11.5. The van der Waals surface area contributed by atoms with Crippen LogP contribution in [0.2, 0.25) is 0 Å². The summed E-state index contributed by atoms with van der Waals surface area (Å²) >= 11 is 0. The van der Waals surface area contributed by atoms with E-state index < -0.39 is 0 Å². The van der Waals surface area contributed by atoms with Crippen LogP contribution in [0.25, 0.3) is 22.0 Å². The molecule has 6 nitrogen and oxygen atoms in total. The molecule has 178 valence electrons. The summed E-state index contributed by atoms with van der Waals surface area (Å²) in [7, 11) is 0. The number of amides is 1. The normalized spacial score (nSPS) is 17.2. The van der Waals surface area contributed by atoms with Gasteiger partial charge >= 0.3 is 0 Å². The zero-order chi connectivity index (χ0) is 24.0. The predicted octanol–water partition coefficient (Wildman–Crippen LogP) is 5.02. The first kappa shape index (κ1) is 21.8. The highest BCUT2D eigenvalue weighted by molar-refractivity contribution is 5.88. The Morgan fingerprint density at radius 3 is 2.40 bits per heavy atom. The number of carbonyl (C=O) groups is 1. The molecule has 1 aliphatic carbocycles. The summed E-state index contributed by atoms with van der Waals surface area (Å²) in [6, 6.07) is 17.3. The first-order valence-electron chi connectivity index (χ1n) is 12.6. The first-order chi connectivity index (χ1) is 17.1. The monoisotopic (exact) mass is 465 g/mol. The molecular formula is C29H31N5O. The van der Waals surface area contributed by atoms with Crippen molar-refractivity contribution in [3.63, 3.8) is 0 Å². The number of hydrogen-bond donors (Lipinski definition) is 1. The lowest BCUT2D eigenvalue weighted by atomic mass is 9.60. The van der Waals surface area contributed by atoms with Crippen molar-refractivity contribution >= 4 is 22.8 Å². The largest absolute Gasteiger partial charge is 0.368 e. The fraction of sp³-hybridized carbons (Fsp3) is 0.345. The first-order valence-corrected chi connectivity index (χ1v) is 12.6. The number of nitrogens with two attached hydrogens (primary N) is 1. The molecule has 1 saturated heterocycles. The summed E-state index contributed by atoms with van der Waals surface area (Å²) in [6.45, 7) is 4.41. The average molecular weight is 466 g/mol. The summed E-state index contributed by atoms with van der Waals surface area (Å²) < 4.78 is 2.17. The quantitative estimate of drug-likeness (QED) is 0.434. The summed E-state index contributed by atoms with van der Waals surface area (Å²) in [4.78, 5) is 23.2. The summed E-state index contributed by atoms with van der Waals surface area (Å²) in [5.74, 6) is 1.17. The van der Waals surface area contributed by atoms with Crippen LogP contribution in [0, 0.1) is 5.92 Å². The predicted molar refractivity (Wildman–Crippen MR) is 139 cm³/mol. The smallest absolute Gasteiger partial charge is 0.242 e. The lowest BCUT2D eigenvalue weighted by Crippen LogP contribution is -2.50. The van der Waals surface area contributed by atoms with Crippen LogP contribution >= 0.6 is 0 Å². The highest BCUT2D eigenvalue weighted by Gasteiger charge is 2.42. The van der Waals surface area contributed by atoms with Crippen LogP contribution in [0.4, 0.5) is 5.95 Å². The fourth-order valence-corrected chi connectivity index (χ4v) is 5.75. The van der Waals surface area contributed by atoms with Crippen molar-refractivity contribution in [2.45, 2.75) is 44.6 Å². The van der Waals surface area contributed by atoms with Crippen molar-refractivity contribution in [1.82, 2.24) is 19.4 Å². The van der Waals surface area contributed by atoms with E-state index in [9.17, 15) is 4.79 Å². The van der Waals surface area contributed by atoms with Gasteiger partial charge in [0.2, 0.25) is 11.9 Å². The molecule has 1 aliphatic heterocycles. The second-order valence-corrected chi connectivity index (χ2v) is 10.1. The number of nitrogen functional groups attached to an aromatic ring is 1. The maximum Gasteiger partial charge on any atom is 0.242 e.